The second-order valence-corrected chi connectivity index (χ2v) is 7.03. The topological polar surface area (TPSA) is 61.9 Å². The van der Waals surface area contributed by atoms with Gasteiger partial charge in [-0.25, -0.2) is 0 Å². The van der Waals surface area contributed by atoms with Gasteiger partial charge in [-0.05, 0) is 37.3 Å². The van der Waals surface area contributed by atoms with Crippen LogP contribution in [0.3, 0.4) is 0 Å². The van der Waals surface area contributed by atoms with Crippen LogP contribution in [0.1, 0.15) is 22.8 Å². The SMILES string of the molecule is CCOc1ccccc1N1CCN(C(=O)CNC(=O)c2cccc(C(F)(F)F)c2)CC1. The van der Waals surface area contributed by atoms with Crippen LogP contribution in [0.25, 0.3) is 0 Å². The van der Waals surface area contributed by atoms with Crippen LogP contribution in [0.2, 0.25) is 0 Å². The summed E-state index contributed by atoms with van der Waals surface area (Å²) in [6.07, 6.45) is -4.54. The summed E-state index contributed by atoms with van der Waals surface area (Å²) in [5.74, 6) is -0.208. The second-order valence-electron chi connectivity index (χ2n) is 7.03. The minimum absolute atomic E-state index is 0.139. The van der Waals surface area contributed by atoms with Crippen molar-refractivity contribution >= 4 is 17.5 Å². The Labute approximate surface area is 178 Å². The Balaban J connectivity index is 1.52. The second kappa shape index (κ2) is 9.72. The number of carbonyl (C=O) groups is 2. The molecule has 166 valence electrons. The fourth-order valence-electron chi connectivity index (χ4n) is 3.40. The Morgan fingerprint density at radius 3 is 2.42 bits per heavy atom. The molecule has 0 saturated carbocycles. The summed E-state index contributed by atoms with van der Waals surface area (Å²) in [6, 6.07) is 11.8. The zero-order valence-corrected chi connectivity index (χ0v) is 17.1. The first kappa shape index (κ1) is 22.5. The van der Waals surface area contributed by atoms with E-state index in [9.17, 15) is 22.8 Å². The molecule has 3 rings (SSSR count). The number of nitrogens with zero attached hydrogens (tertiary/aromatic N) is 2. The van der Waals surface area contributed by atoms with Crippen LogP contribution >= 0.6 is 0 Å². The molecule has 0 bridgehead atoms. The van der Waals surface area contributed by atoms with Crippen LogP contribution in [0.15, 0.2) is 48.5 Å². The molecule has 2 aromatic carbocycles. The van der Waals surface area contributed by atoms with Gasteiger partial charge in [-0.15, -0.1) is 0 Å². The number of anilines is 1. The highest BCUT2D eigenvalue weighted by Crippen LogP contribution is 2.30. The molecule has 0 atom stereocenters. The van der Waals surface area contributed by atoms with Gasteiger partial charge >= 0.3 is 6.18 Å². The van der Waals surface area contributed by atoms with Gasteiger partial charge in [0.05, 0.1) is 24.4 Å². The standard InChI is InChI=1S/C22H24F3N3O3/c1-2-31-19-9-4-3-8-18(19)27-10-12-28(13-11-27)20(29)15-26-21(30)16-6-5-7-17(14-16)22(23,24)25/h3-9,14H,2,10-13,15H2,1H3,(H,26,30). The zero-order chi connectivity index (χ0) is 22.4. The smallest absolute Gasteiger partial charge is 0.416 e. The third-order valence-electron chi connectivity index (χ3n) is 4.99. The number of benzene rings is 2. The molecule has 2 amide bonds. The maximum absolute atomic E-state index is 12.8. The Hall–Kier alpha value is -3.23. The number of alkyl halides is 3. The van der Waals surface area contributed by atoms with Gasteiger partial charge in [0.15, 0.2) is 0 Å². The summed E-state index contributed by atoms with van der Waals surface area (Å²) in [5.41, 5.74) is -0.0794. The van der Waals surface area contributed by atoms with Crippen LogP contribution < -0.4 is 15.0 Å². The van der Waals surface area contributed by atoms with E-state index in [4.69, 9.17) is 4.74 Å². The molecule has 31 heavy (non-hydrogen) atoms. The van der Waals surface area contributed by atoms with Crippen LogP contribution in [0.4, 0.5) is 18.9 Å². The van der Waals surface area contributed by atoms with E-state index >= 15 is 0 Å². The maximum Gasteiger partial charge on any atom is 0.416 e. The predicted molar refractivity (Wildman–Crippen MR) is 110 cm³/mol. The number of ether oxygens (including phenoxy) is 1. The quantitative estimate of drug-likeness (QED) is 0.757. The van der Waals surface area contributed by atoms with E-state index < -0.39 is 17.6 Å². The van der Waals surface area contributed by atoms with E-state index in [2.05, 4.69) is 10.2 Å². The van der Waals surface area contributed by atoms with E-state index in [0.717, 1.165) is 23.6 Å². The van der Waals surface area contributed by atoms with Gasteiger partial charge < -0.3 is 19.9 Å². The molecule has 6 nitrogen and oxygen atoms in total. The summed E-state index contributed by atoms with van der Waals surface area (Å²) in [6.45, 7) is 4.36. The largest absolute Gasteiger partial charge is 0.492 e. The van der Waals surface area contributed by atoms with Gasteiger partial charge in [-0.2, -0.15) is 13.2 Å². The summed E-state index contributed by atoms with van der Waals surface area (Å²) >= 11 is 0. The first-order valence-electron chi connectivity index (χ1n) is 9.99. The Morgan fingerprint density at radius 2 is 1.74 bits per heavy atom. The lowest BCUT2D eigenvalue weighted by molar-refractivity contribution is -0.137. The number of rotatable bonds is 6. The molecule has 1 aliphatic rings. The Morgan fingerprint density at radius 1 is 1.03 bits per heavy atom. The summed E-state index contributed by atoms with van der Waals surface area (Å²) in [5, 5.41) is 2.41. The van der Waals surface area contributed by atoms with Crippen LogP contribution in [0.5, 0.6) is 5.75 Å². The number of hydrogen-bond donors (Lipinski definition) is 1. The van der Waals surface area contributed by atoms with Crippen molar-refractivity contribution in [1.82, 2.24) is 10.2 Å². The van der Waals surface area contributed by atoms with Crippen molar-refractivity contribution in [3.05, 3.63) is 59.7 Å². The van der Waals surface area contributed by atoms with Crippen molar-refractivity contribution in [2.45, 2.75) is 13.1 Å². The number of piperazine rings is 1. The Bertz CT molecular complexity index is 925. The number of hydrogen-bond acceptors (Lipinski definition) is 4. The molecule has 0 spiro atoms. The lowest BCUT2D eigenvalue weighted by Gasteiger charge is -2.36. The molecular weight excluding hydrogens is 411 g/mol. The van der Waals surface area contributed by atoms with Crippen LogP contribution in [0, 0.1) is 0 Å². The van der Waals surface area contributed by atoms with Crippen molar-refractivity contribution in [2.75, 3.05) is 44.2 Å². The van der Waals surface area contributed by atoms with Crippen LogP contribution in [-0.4, -0.2) is 56.0 Å². The number of carbonyl (C=O) groups excluding carboxylic acids is 2. The third-order valence-corrected chi connectivity index (χ3v) is 4.99. The minimum Gasteiger partial charge on any atom is -0.492 e. The molecular formula is C22H24F3N3O3. The first-order chi connectivity index (χ1) is 14.8. The monoisotopic (exact) mass is 435 g/mol. The van der Waals surface area contributed by atoms with Crippen LogP contribution in [-0.2, 0) is 11.0 Å². The number of amides is 2. The van der Waals surface area contributed by atoms with E-state index in [1.807, 2.05) is 31.2 Å². The predicted octanol–water partition coefficient (Wildman–Crippen LogP) is 3.18. The highest BCUT2D eigenvalue weighted by Gasteiger charge is 2.31. The van der Waals surface area contributed by atoms with Gasteiger partial charge in [0.25, 0.3) is 5.91 Å². The Kier molecular flexibility index (Phi) is 7.04. The number of halogens is 3. The molecule has 1 aliphatic heterocycles. The number of para-hydroxylation sites is 2. The lowest BCUT2D eigenvalue weighted by atomic mass is 10.1. The van der Waals surface area contributed by atoms with E-state index in [1.165, 1.54) is 12.1 Å². The lowest BCUT2D eigenvalue weighted by Crippen LogP contribution is -2.51. The van der Waals surface area contributed by atoms with Gasteiger partial charge in [0, 0.05) is 31.7 Å². The summed E-state index contributed by atoms with van der Waals surface area (Å²) in [7, 11) is 0. The van der Waals surface area contributed by atoms with E-state index in [0.29, 0.717) is 32.8 Å². The van der Waals surface area contributed by atoms with Crippen molar-refractivity contribution in [3.8, 4) is 5.75 Å². The average molecular weight is 435 g/mol. The highest BCUT2D eigenvalue weighted by atomic mass is 19.4. The number of nitrogens with one attached hydrogen (secondary N) is 1. The molecule has 0 unspecified atom stereocenters. The summed E-state index contributed by atoms with van der Waals surface area (Å²) < 4.78 is 44.1. The minimum atomic E-state index is -4.54. The summed E-state index contributed by atoms with van der Waals surface area (Å²) in [4.78, 5) is 28.4. The molecule has 0 radical (unpaired) electrons. The molecule has 0 aromatic heterocycles. The average Bonchev–Trinajstić information content (AvgIpc) is 2.77. The molecule has 9 heteroatoms. The van der Waals surface area contributed by atoms with Crippen molar-refractivity contribution < 1.29 is 27.5 Å². The fourth-order valence-corrected chi connectivity index (χ4v) is 3.40. The van der Waals surface area contributed by atoms with Crippen molar-refractivity contribution in [2.24, 2.45) is 0 Å². The van der Waals surface area contributed by atoms with Gasteiger partial charge in [-0.3, -0.25) is 9.59 Å². The first-order valence-corrected chi connectivity index (χ1v) is 9.99. The fraction of sp³-hybridized carbons (Fsp3) is 0.364. The molecule has 1 saturated heterocycles. The van der Waals surface area contributed by atoms with Gasteiger partial charge in [0.1, 0.15) is 5.75 Å². The van der Waals surface area contributed by atoms with Crippen molar-refractivity contribution in [1.29, 1.82) is 0 Å². The highest BCUT2D eigenvalue weighted by molar-refractivity contribution is 5.96. The zero-order valence-electron chi connectivity index (χ0n) is 17.1. The normalized spacial score (nSPS) is 14.3. The molecule has 0 aliphatic carbocycles. The maximum atomic E-state index is 12.8. The molecule has 1 heterocycles. The van der Waals surface area contributed by atoms with Gasteiger partial charge in [0.2, 0.25) is 5.91 Å². The van der Waals surface area contributed by atoms with E-state index in [-0.39, 0.29) is 18.0 Å². The molecule has 2 aromatic rings. The van der Waals surface area contributed by atoms with E-state index in [1.54, 1.807) is 4.90 Å². The third kappa shape index (κ3) is 5.68. The molecule has 1 N–H and O–H groups in total. The van der Waals surface area contributed by atoms with Crippen molar-refractivity contribution in [3.63, 3.8) is 0 Å². The molecule has 1 fully saturated rings. The van der Waals surface area contributed by atoms with Gasteiger partial charge in [-0.1, -0.05) is 18.2 Å².